The molecule has 6 nitrogen and oxygen atoms in total. The van der Waals surface area contributed by atoms with E-state index in [-0.39, 0.29) is 40.5 Å². The highest BCUT2D eigenvalue weighted by Gasteiger charge is 2.57. The van der Waals surface area contributed by atoms with Crippen LogP contribution in [0.2, 0.25) is 0 Å². The number of nitrogens with zero attached hydrogens (tertiary/aromatic N) is 1. The zero-order valence-electron chi connectivity index (χ0n) is 18.4. The number of nitrogens with one attached hydrogen (secondary N) is 1. The minimum Gasteiger partial charge on any atom is -0.508 e. The third-order valence-corrected chi connectivity index (χ3v) is 9.87. The van der Waals surface area contributed by atoms with Crippen molar-refractivity contribution in [2.24, 2.45) is 11.3 Å². The number of rotatable bonds is 4. The van der Waals surface area contributed by atoms with Crippen molar-refractivity contribution in [3.8, 4) is 5.75 Å². The molecule has 1 amide bonds. The highest BCUT2D eigenvalue weighted by Crippen LogP contribution is 2.57. The van der Waals surface area contributed by atoms with E-state index in [0.717, 1.165) is 18.4 Å². The van der Waals surface area contributed by atoms with E-state index in [4.69, 9.17) is 0 Å². The lowest BCUT2D eigenvalue weighted by Gasteiger charge is -2.61. The predicted molar refractivity (Wildman–Crippen MR) is 117 cm³/mol. The molecule has 1 aliphatic heterocycles. The van der Waals surface area contributed by atoms with E-state index in [0.29, 0.717) is 31.6 Å². The Bertz CT molecular complexity index is 958. The Hall–Kier alpha value is -1.60. The van der Waals surface area contributed by atoms with Crippen molar-refractivity contribution >= 4 is 15.9 Å². The van der Waals surface area contributed by atoms with E-state index in [1.54, 1.807) is 13.0 Å². The molecule has 2 fully saturated rings. The molecule has 166 valence electrons. The Kier molecular flexibility index (Phi) is 5.21. The molecule has 1 aromatic carbocycles. The molecule has 1 aromatic rings. The molecule has 4 rings (SSSR count). The van der Waals surface area contributed by atoms with Crippen LogP contribution < -0.4 is 4.72 Å². The van der Waals surface area contributed by atoms with Crippen molar-refractivity contribution in [1.82, 2.24) is 9.62 Å². The first-order valence-corrected chi connectivity index (χ1v) is 12.8. The Morgan fingerprint density at radius 3 is 2.70 bits per heavy atom. The fraction of sp³-hybridized carbons (Fsp3) is 0.696. The van der Waals surface area contributed by atoms with Crippen molar-refractivity contribution in [3.63, 3.8) is 0 Å². The fourth-order valence-corrected chi connectivity index (χ4v) is 6.96. The zero-order chi connectivity index (χ0) is 21.9. The number of phenols is 1. The summed E-state index contributed by atoms with van der Waals surface area (Å²) in [5.74, 6) is 0.391. The van der Waals surface area contributed by atoms with Crippen LogP contribution in [0.4, 0.5) is 0 Å². The van der Waals surface area contributed by atoms with Gasteiger partial charge in [-0.25, -0.2) is 13.1 Å². The number of carbonyl (C=O) groups excluding carboxylic acids is 1. The lowest BCUT2D eigenvalue weighted by atomic mass is 9.51. The Morgan fingerprint density at radius 1 is 1.27 bits per heavy atom. The zero-order valence-corrected chi connectivity index (χ0v) is 19.3. The molecule has 1 unspecified atom stereocenters. The van der Waals surface area contributed by atoms with E-state index in [9.17, 15) is 18.3 Å². The number of carbonyl (C=O) groups is 1. The second-order valence-electron chi connectivity index (χ2n) is 10.1. The van der Waals surface area contributed by atoms with Gasteiger partial charge in [0, 0.05) is 30.0 Å². The second-order valence-corrected chi connectivity index (χ2v) is 12.1. The molecule has 2 N–H and O–H groups in total. The van der Waals surface area contributed by atoms with Crippen molar-refractivity contribution in [1.29, 1.82) is 0 Å². The van der Waals surface area contributed by atoms with Crippen LogP contribution in [0.1, 0.15) is 64.5 Å². The Balaban J connectivity index is 1.58. The molecule has 1 saturated heterocycles. The van der Waals surface area contributed by atoms with Gasteiger partial charge in [0.1, 0.15) is 5.75 Å². The van der Waals surface area contributed by atoms with E-state index in [1.807, 2.05) is 11.0 Å². The number of aromatic hydroxyl groups is 1. The summed E-state index contributed by atoms with van der Waals surface area (Å²) in [4.78, 5) is 15.6. The lowest BCUT2D eigenvalue weighted by Crippen LogP contribution is -2.65. The van der Waals surface area contributed by atoms with Crippen molar-refractivity contribution in [3.05, 3.63) is 29.3 Å². The highest BCUT2D eigenvalue weighted by atomic mass is 32.2. The molecule has 2 bridgehead atoms. The minimum absolute atomic E-state index is 0.0240. The second kappa shape index (κ2) is 7.23. The highest BCUT2D eigenvalue weighted by molar-refractivity contribution is 7.89. The van der Waals surface area contributed by atoms with Gasteiger partial charge in [0.2, 0.25) is 15.9 Å². The monoisotopic (exact) mass is 434 g/mol. The van der Waals surface area contributed by atoms with E-state index in [1.165, 1.54) is 5.56 Å². The number of hydrogen-bond acceptors (Lipinski definition) is 4. The van der Waals surface area contributed by atoms with Crippen LogP contribution in [0.3, 0.4) is 0 Å². The average Bonchev–Trinajstić information content (AvgIpc) is 3.12. The number of fused-ring (bicyclic) bond motifs is 4. The number of sulfonamides is 1. The van der Waals surface area contributed by atoms with Crippen molar-refractivity contribution in [2.45, 2.75) is 77.3 Å². The average molecular weight is 435 g/mol. The Morgan fingerprint density at radius 2 is 2.00 bits per heavy atom. The van der Waals surface area contributed by atoms with Crippen LogP contribution in [0, 0.1) is 11.3 Å². The third kappa shape index (κ3) is 3.25. The largest absolute Gasteiger partial charge is 0.508 e. The first-order chi connectivity index (χ1) is 14.0. The van der Waals surface area contributed by atoms with E-state index >= 15 is 0 Å². The maximum absolute atomic E-state index is 13.6. The van der Waals surface area contributed by atoms with Crippen LogP contribution in [-0.2, 0) is 26.7 Å². The van der Waals surface area contributed by atoms with Gasteiger partial charge in [0.25, 0.3) is 0 Å². The maximum Gasteiger partial charge on any atom is 0.226 e. The van der Waals surface area contributed by atoms with Gasteiger partial charge in [-0.3, -0.25) is 4.79 Å². The van der Waals surface area contributed by atoms with E-state index in [2.05, 4.69) is 31.6 Å². The van der Waals surface area contributed by atoms with E-state index < -0.39 is 10.0 Å². The predicted octanol–water partition coefficient (Wildman–Crippen LogP) is 2.94. The molecule has 0 aromatic heterocycles. The molecule has 30 heavy (non-hydrogen) atoms. The molecule has 0 radical (unpaired) electrons. The van der Waals surface area contributed by atoms with Crippen LogP contribution in [0.15, 0.2) is 18.2 Å². The summed E-state index contributed by atoms with van der Waals surface area (Å²) in [7, 11) is -3.26. The van der Waals surface area contributed by atoms with Crippen molar-refractivity contribution in [2.75, 3.05) is 12.3 Å². The molecular weight excluding hydrogens is 400 g/mol. The van der Waals surface area contributed by atoms with Gasteiger partial charge in [-0.05, 0) is 61.6 Å². The standard InChI is InChI=1S/C23H34N2O4S/c1-5-30(28,29)24-16-10-9-15(13-16)21(27)25-12-11-23(4)18-7-6-8-19(26)17(18)14-20(25)22(23,2)3/h6-8,15-16,20,24,26H,5,9-14H2,1-4H3/t15-,16?,20-,23+/m1/s1. The molecule has 1 saturated carbocycles. The fourth-order valence-electron chi connectivity index (χ4n) is 6.07. The molecule has 2 aliphatic carbocycles. The summed E-state index contributed by atoms with van der Waals surface area (Å²) in [5, 5.41) is 10.5. The summed E-state index contributed by atoms with van der Waals surface area (Å²) >= 11 is 0. The molecule has 3 aliphatic rings. The number of likely N-dealkylation sites (tertiary alicyclic amines) is 1. The summed E-state index contributed by atoms with van der Waals surface area (Å²) < 4.78 is 26.6. The SMILES string of the molecule is CCS(=O)(=O)NC1CC[C@@H](C(=O)N2CC[C@@]3(C)c4cccc(O)c4C[C@@H]2C3(C)C)C1. The molecule has 1 heterocycles. The molecule has 0 spiro atoms. The van der Waals surface area contributed by atoms with Gasteiger partial charge in [-0.15, -0.1) is 0 Å². The summed E-state index contributed by atoms with van der Waals surface area (Å²) in [5.41, 5.74) is 1.96. The van der Waals surface area contributed by atoms with Crippen molar-refractivity contribution < 1.29 is 18.3 Å². The summed E-state index contributed by atoms with van der Waals surface area (Å²) in [6.45, 7) is 9.10. The van der Waals surface area contributed by atoms with Crippen LogP contribution in [-0.4, -0.2) is 48.7 Å². The minimum atomic E-state index is -3.26. The smallest absolute Gasteiger partial charge is 0.226 e. The van der Waals surface area contributed by atoms with Gasteiger partial charge in [-0.2, -0.15) is 0 Å². The first kappa shape index (κ1) is 21.6. The van der Waals surface area contributed by atoms with Gasteiger partial charge in [0.15, 0.2) is 0 Å². The van der Waals surface area contributed by atoms with Crippen LogP contribution in [0.25, 0.3) is 0 Å². The number of hydrogen-bond donors (Lipinski definition) is 2. The lowest BCUT2D eigenvalue weighted by molar-refractivity contribution is -0.148. The number of piperidine rings is 1. The topological polar surface area (TPSA) is 86.7 Å². The summed E-state index contributed by atoms with van der Waals surface area (Å²) in [6, 6.07) is 5.66. The quantitative estimate of drug-likeness (QED) is 0.763. The number of amides is 1. The first-order valence-electron chi connectivity index (χ1n) is 11.1. The maximum atomic E-state index is 13.6. The van der Waals surface area contributed by atoms with Crippen LogP contribution >= 0.6 is 0 Å². The third-order valence-electron chi connectivity index (χ3n) is 8.42. The molecular formula is C23H34N2O4S. The van der Waals surface area contributed by atoms with Crippen LogP contribution in [0.5, 0.6) is 5.75 Å². The molecule has 4 atom stereocenters. The summed E-state index contributed by atoms with van der Waals surface area (Å²) in [6.07, 6.45) is 3.52. The van der Waals surface area contributed by atoms with Gasteiger partial charge < -0.3 is 10.0 Å². The molecule has 7 heteroatoms. The van der Waals surface area contributed by atoms with Gasteiger partial charge in [0.05, 0.1) is 5.75 Å². The van der Waals surface area contributed by atoms with Gasteiger partial charge >= 0.3 is 0 Å². The number of benzene rings is 1. The number of phenolic OH excluding ortho intramolecular Hbond substituents is 1. The normalized spacial score (nSPS) is 32.7. The Labute approximate surface area is 180 Å². The van der Waals surface area contributed by atoms with Gasteiger partial charge in [-0.1, -0.05) is 32.9 Å².